The predicted molar refractivity (Wildman–Crippen MR) is 107 cm³/mol. The van der Waals surface area contributed by atoms with E-state index in [1.807, 2.05) is 18.2 Å². The van der Waals surface area contributed by atoms with Crippen molar-refractivity contribution in [2.45, 2.75) is 19.9 Å². The summed E-state index contributed by atoms with van der Waals surface area (Å²) in [6, 6.07) is 10.4. The van der Waals surface area contributed by atoms with Gasteiger partial charge in [-0.3, -0.25) is 14.6 Å². The average Bonchev–Trinajstić information content (AvgIpc) is 3.02. The number of fused-ring (bicyclic) bond motifs is 2. The molecule has 3 aromatic rings. The Balaban J connectivity index is 1.85. The molecule has 0 saturated heterocycles. The number of nitrogens with zero attached hydrogens (tertiary/aromatic N) is 2. The summed E-state index contributed by atoms with van der Waals surface area (Å²) in [7, 11) is 0. The second-order valence-corrected chi connectivity index (χ2v) is 7.06. The molecule has 28 heavy (non-hydrogen) atoms. The van der Waals surface area contributed by atoms with Gasteiger partial charge >= 0.3 is 0 Å². The monoisotopic (exact) mass is 378 g/mol. The number of aromatic nitrogens is 1. The first-order chi connectivity index (χ1) is 13.7. The fraction of sp³-hybridized carbons (Fsp3) is 0.318. The minimum absolute atomic E-state index is 0.142. The summed E-state index contributed by atoms with van der Waals surface area (Å²) in [5.41, 5.74) is 1.55. The van der Waals surface area contributed by atoms with Crippen LogP contribution in [0.1, 0.15) is 41.6 Å². The van der Waals surface area contributed by atoms with E-state index >= 15 is 0 Å². The van der Waals surface area contributed by atoms with Crippen LogP contribution in [0.2, 0.25) is 0 Å². The topological polar surface area (TPSA) is 67.8 Å². The maximum Gasteiger partial charge on any atom is 0.291 e. The van der Waals surface area contributed by atoms with E-state index in [4.69, 9.17) is 4.42 Å². The zero-order valence-corrected chi connectivity index (χ0v) is 16.1. The van der Waals surface area contributed by atoms with Gasteiger partial charge in [0.1, 0.15) is 5.58 Å². The summed E-state index contributed by atoms with van der Waals surface area (Å²) in [6.07, 6.45) is 3.41. The van der Waals surface area contributed by atoms with Gasteiger partial charge in [-0.25, -0.2) is 0 Å². The number of hydrogen-bond donors (Lipinski definition) is 1. The van der Waals surface area contributed by atoms with Gasteiger partial charge in [0.15, 0.2) is 5.43 Å². The van der Waals surface area contributed by atoms with Crippen LogP contribution in [-0.2, 0) is 0 Å². The van der Waals surface area contributed by atoms with Crippen molar-refractivity contribution in [1.29, 1.82) is 0 Å². The van der Waals surface area contributed by atoms with Gasteiger partial charge in [-0.05, 0) is 37.6 Å². The molecule has 1 N–H and O–H groups in total. The minimum atomic E-state index is -0.466. The maximum atomic E-state index is 13.3. The van der Waals surface area contributed by atoms with Crippen molar-refractivity contribution < 1.29 is 14.1 Å². The van der Waals surface area contributed by atoms with Gasteiger partial charge in [-0.1, -0.05) is 18.2 Å². The van der Waals surface area contributed by atoms with Gasteiger partial charge in [0, 0.05) is 12.4 Å². The molecule has 6 nitrogen and oxygen atoms in total. The first kappa shape index (κ1) is 18.4. The van der Waals surface area contributed by atoms with Gasteiger partial charge in [0.25, 0.3) is 5.91 Å². The fourth-order valence-electron chi connectivity index (χ4n) is 3.96. The van der Waals surface area contributed by atoms with E-state index in [9.17, 15) is 9.59 Å². The van der Waals surface area contributed by atoms with Gasteiger partial charge in [-0.15, -0.1) is 0 Å². The molecule has 4 rings (SSSR count). The molecule has 0 unspecified atom stereocenters. The summed E-state index contributed by atoms with van der Waals surface area (Å²) in [6.45, 7) is 7.62. The van der Waals surface area contributed by atoms with Gasteiger partial charge in [0.05, 0.1) is 43.2 Å². The number of carbonyl (C=O) groups excluding carboxylic acids is 1. The van der Waals surface area contributed by atoms with E-state index in [1.165, 1.54) is 4.90 Å². The van der Waals surface area contributed by atoms with Crippen molar-refractivity contribution in [3.63, 3.8) is 0 Å². The lowest BCUT2D eigenvalue weighted by Gasteiger charge is -2.26. The third kappa shape index (κ3) is 2.99. The maximum absolute atomic E-state index is 13.3. The van der Waals surface area contributed by atoms with Crippen molar-refractivity contribution in [2.75, 3.05) is 26.2 Å². The number of quaternary nitrogens is 1. The zero-order valence-electron chi connectivity index (χ0n) is 16.1. The van der Waals surface area contributed by atoms with Crippen LogP contribution in [0.25, 0.3) is 11.0 Å². The van der Waals surface area contributed by atoms with E-state index in [2.05, 4.69) is 18.8 Å². The molecule has 0 aliphatic carbocycles. The Morgan fingerprint density at radius 3 is 2.61 bits per heavy atom. The third-order valence-electron chi connectivity index (χ3n) is 5.58. The number of para-hydroxylation sites is 1. The Hall–Kier alpha value is -2.99. The molecule has 1 aromatic carbocycles. The molecule has 2 aromatic heterocycles. The second kappa shape index (κ2) is 7.56. The van der Waals surface area contributed by atoms with Crippen LogP contribution in [0.3, 0.4) is 0 Å². The number of amides is 1. The molecule has 1 aliphatic heterocycles. The summed E-state index contributed by atoms with van der Waals surface area (Å²) in [5.74, 6) is -0.0645. The lowest BCUT2D eigenvalue weighted by molar-refractivity contribution is -0.895. The van der Waals surface area contributed by atoms with Crippen LogP contribution in [0.4, 0.5) is 0 Å². The number of rotatable bonds is 6. The predicted octanol–water partition coefficient (Wildman–Crippen LogP) is 1.66. The van der Waals surface area contributed by atoms with E-state index < -0.39 is 6.04 Å². The highest BCUT2D eigenvalue weighted by atomic mass is 16.3. The Bertz CT molecular complexity index is 1060. The standard InChI is InChI=1S/C22H23N3O3/c1-3-24(4-2)12-13-25-19(15-8-7-11-23-14-15)18-20(26)16-9-5-6-10-17(16)28-21(18)22(25)27/h5-11,14,19H,3-4,12-13H2,1-2H3/p+1/t19-/m0/s1. The van der Waals surface area contributed by atoms with Crippen molar-refractivity contribution >= 4 is 16.9 Å². The highest BCUT2D eigenvalue weighted by molar-refractivity contribution is 5.99. The molecule has 0 fully saturated rings. The Morgan fingerprint density at radius 2 is 1.89 bits per heavy atom. The molecule has 3 heterocycles. The van der Waals surface area contributed by atoms with Crippen LogP contribution >= 0.6 is 0 Å². The zero-order chi connectivity index (χ0) is 19.7. The first-order valence-corrected chi connectivity index (χ1v) is 9.75. The Kier molecular flexibility index (Phi) is 4.96. The molecule has 0 saturated carbocycles. The molecule has 0 bridgehead atoms. The molecular weight excluding hydrogens is 354 g/mol. The molecule has 144 valence electrons. The van der Waals surface area contributed by atoms with Crippen LogP contribution in [0, 0.1) is 0 Å². The van der Waals surface area contributed by atoms with Gasteiger partial charge < -0.3 is 14.2 Å². The molecule has 1 atom stereocenters. The molecule has 0 spiro atoms. The third-order valence-corrected chi connectivity index (χ3v) is 5.58. The van der Waals surface area contributed by atoms with Crippen LogP contribution in [0.5, 0.6) is 0 Å². The van der Waals surface area contributed by atoms with Crippen LogP contribution in [0.15, 0.2) is 58.0 Å². The molecule has 6 heteroatoms. The molecule has 1 aliphatic rings. The number of nitrogens with one attached hydrogen (secondary N) is 1. The van der Waals surface area contributed by atoms with Crippen molar-refractivity contribution in [2.24, 2.45) is 0 Å². The van der Waals surface area contributed by atoms with Crippen LogP contribution < -0.4 is 10.3 Å². The van der Waals surface area contributed by atoms with Crippen molar-refractivity contribution in [3.8, 4) is 0 Å². The summed E-state index contributed by atoms with van der Waals surface area (Å²) < 4.78 is 5.92. The smallest absolute Gasteiger partial charge is 0.291 e. The normalized spacial score (nSPS) is 16.2. The van der Waals surface area contributed by atoms with E-state index in [0.29, 0.717) is 23.1 Å². The fourth-order valence-corrected chi connectivity index (χ4v) is 3.96. The van der Waals surface area contributed by atoms with Crippen LogP contribution in [-0.4, -0.2) is 42.0 Å². The van der Waals surface area contributed by atoms with Crippen molar-refractivity contribution in [3.05, 3.63) is 75.9 Å². The van der Waals surface area contributed by atoms with Gasteiger partial charge in [0.2, 0.25) is 5.76 Å². The number of hydrogen-bond acceptors (Lipinski definition) is 4. The minimum Gasteiger partial charge on any atom is -0.450 e. The quantitative estimate of drug-likeness (QED) is 0.708. The highest BCUT2D eigenvalue weighted by Gasteiger charge is 2.43. The van der Waals surface area contributed by atoms with E-state index in [0.717, 1.165) is 25.2 Å². The lowest BCUT2D eigenvalue weighted by atomic mass is 10.00. The first-order valence-electron chi connectivity index (χ1n) is 9.75. The average molecular weight is 378 g/mol. The largest absolute Gasteiger partial charge is 0.450 e. The summed E-state index contributed by atoms with van der Waals surface area (Å²) >= 11 is 0. The Labute approximate surface area is 163 Å². The number of benzene rings is 1. The number of likely N-dealkylation sites (N-methyl/N-ethyl adjacent to an activating group) is 1. The number of carbonyl (C=O) groups is 1. The Morgan fingerprint density at radius 1 is 1.11 bits per heavy atom. The summed E-state index contributed by atoms with van der Waals surface area (Å²) in [4.78, 5) is 33.9. The summed E-state index contributed by atoms with van der Waals surface area (Å²) in [5, 5.41) is 0.499. The van der Waals surface area contributed by atoms with E-state index in [-0.39, 0.29) is 17.1 Å². The lowest BCUT2D eigenvalue weighted by Crippen LogP contribution is -3.12. The number of pyridine rings is 1. The van der Waals surface area contributed by atoms with Crippen molar-refractivity contribution in [1.82, 2.24) is 9.88 Å². The SMILES string of the molecule is CC[NH+](CC)CCN1C(=O)c2oc3ccccc3c(=O)c2[C@@H]1c1cccnc1. The van der Waals surface area contributed by atoms with Gasteiger partial charge in [-0.2, -0.15) is 0 Å². The molecular formula is C22H24N3O3+. The molecule has 0 radical (unpaired) electrons. The van der Waals surface area contributed by atoms with E-state index in [1.54, 1.807) is 35.5 Å². The second-order valence-electron chi connectivity index (χ2n) is 7.06. The highest BCUT2D eigenvalue weighted by Crippen LogP contribution is 2.37. The molecule has 1 amide bonds.